The lowest BCUT2D eigenvalue weighted by Crippen LogP contribution is -2.43. The molecule has 156 valence electrons. The molecule has 0 saturated carbocycles. The average Bonchev–Trinajstić information content (AvgIpc) is 3.20. The van der Waals surface area contributed by atoms with Crippen molar-refractivity contribution in [1.29, 1.82) is 0 Å². The van der Waals surface area contributed by atoms with Crippen LogP contribution in [-0.4, -0.2) is 57.9 Å². The van der Waals surface area contributed by atoms with Crippen molar-refractivity contribution < 1.29 is 18.7 Å². The van der Waals surface area contributed by atoms with Gasteiger partial charge in [-0.15, -0.1) is 0 Å². The first kappa shape index (κ1) is 22.1. The molecule has 2 rings (SSSR count). The topological polar surface area (TPSA) is 98.0 Å². The van der Waals surface area contributed by atoms with E-state index in [9.17, 15) is 9.18 Å². The van der Waals surface area contributed by atoms with Crippen LogP contribution in [0.3, 0.4) is 0 Å². The highest BCUT2D eigenvalue weighted by molar-refractivity contribution is 5.81. The number of carbonyl (C=O) groups is 1. The Hall–Kier alpha value is -2.19. The third kappa shape index (κ3) is 8.22. The van der Waals surface area contributed by atoms with Gasteiger partial charge in [0.2, 0.25) is 5.91 Å². The molecule has 1 aromatic rings. The molecule has 0 radical (unpaired) electrons. The van der Waals surface area contributed by atoms with Gasteiger partial charge < -0.3 is 25.8 Å². The largest absolute Gasteiger partial charge is 0.379 e. The van der Waals surface area contributed by atoms with E-state index in [0.717, 1.165) is 31.4 Å². The van der Waals surface area contributed by atoms with Gasteiger partial charge in [0, 0.05) is 33.4 Å². The molecule has 1 aliphatic rings. The van der Waals surface area contributed by atoms with Gasteiger partial charge in [0.15, 0.2) is 5.96 Å². The fraction of sp³-hybridized carbons (Fsp3) is 0.600. The first-order valence-electron chi connectivity index (χ1n) is 9.76. The maximum atomic E-state index is 13.0. The normalized spacial score (nSPS) is 18.1. The number of nitrogens with one attached hydrogen (secondary N) is 2. The molecule has 1 fully saturated rings. The highest BCUT2D eigenvalue weighted by Gasteiger charge is 2.17. The van der Waals surface area contributed by atoms with E-state index in [1.54, 1.807) is 19.2 Å². The number of nitrogens with two attached hydrogens (primary N) is 1. The summed E-state index contributed by atoms with van der Waals surface area (Å²) in [7, 11) is 1.67. The van der Waals surface area contributed by atoms with Crippen molar-refractivity contribution in [3.63, 3.8) is 0 Å². The molecule has 0 aliphatic carbocycles. The zero-order valence-corrected chi connectivity index (χ0v) is 16.5. The van der Waals surface area contributed by atoms with Crippen LogP contribution in [0.25, 0.3) is 0 Å². The van der Waals surface area contributed by atoms with Crippen LogP contribution in [0.15, 0.2) is 29.3 Å². The van der Waals surface area contributed by atoms with E-state index in [1.807, 2.05) is 0 Å². The van der Waals surface area contributed by atoms with Crippen molar-refractivity contribution in [3.05, 3.63) is 35.6 Å². The van der Waals surface area contributed by atoms with E-state index in [1.165, 1.54) is 12.1 Å². The third-order valence-electron chi connectivity index (χ3n) is 4.62. The number of hydrogen-bond acceptors (Lipinski definition) is 4. The van der Waals surface area contributed by atoms with Crippen molar-refractivity contribution in [2.45, 2.75) is 31.8 Å². The van der Waals surface area contributed by atoms with E-state index in [0.29, 0.717) is 38.7 Å². The van der Waals surface area contributed by atoms with E-state index in [4.69, 9.17) is 15.2 Å². The monoisotopic (exact) mass is 394 g/mol. The maximum absolute atomic E-state index is 13.0. The number of amides is 1. The van der Waals surface area contributed by atoms with Crippen LogP contribution in [0.1, 0.15) is 24.8 Å². The van der Waals surface area contributed by atoms with Crippen molar-refractivity contribution in [3.8, 4) is 0 Å². The molecule has 4 N–H and O–H groups in total. The molecule has 2 atom stereocenters. The summed E-state index contributed by atoms with van der Waals surface area (Å²) in [5, 5.41) is 6.31. The van der Waals surface area contributed by atoms with Crippen LogP contribution in [0, 0.1) is 11.7 Å². The van der Waals surface area contributed by atoms with Gasteiger partial charge >= 0.3 is 0 Å². The van der Waals surface area contributed by atoms with Gasteiger partial charge in [0.25, 0.3) is 0 Å². The molecular weight excluding hydrogens is 363 g/mol. The molecule has 0 aromatic heterocycles. The lowest BCUT2D eigenvalue weighted by atomic mass is 9.98. The average molecular weight is 394 g/mol. The number of guanidine groups is 1. The van der Waals surface area contributed by atoms with Crippen LogP contribution >= 0.6 is 0 Å². The molecule has 28 heavy (non-hydrogen) atoms. The van der Waals surface area contributed by atoms with Gasteiger partial charge in [-0.3, -0.25) is 9.79 Å². The van der Waals surface area contributed by atoms with Gasteiger partial charge in [-0.05, 0) is 43.4 Å². The number of hydrogen-bond donors (Lipinski definition) is 3. The van der Waals surface area contributed by atoms with Crippen molar-refractivity contribution in [1.82, 2.24) is 10.6 Å². The van der Waals surface area contributed by atoms with Gasteiger partial charge in [-0.1, -0.05) is 12.1 Å². The first-order chi connectivity index (χ1) is 13.6. The van der Waals surface area contributed by atoms with Crippen LogP contribution in [0.5, 0.6) is 0 Å². The predicted octanol–water partition coefficient (Wildman–Crippen LogP) is 1.22. The van der Waals surface area contributed by atoms with Crippen LogP contribution in [-0.2, 0) is 20.7 Å². The standard InChI is InChI=1S/C20H31FN4O3/c1-23-20(24-9-3-10-27-14-18-4-2-11-28-18)25-13-16(19(22)26)12-15-5-7-17(21)8-6-15/h5-8,16,18H,2-4,9-14H2,1H3,(H2,22,26)(H2,23,24,25). The van der Waals surface area contributed by atoms with Crippen molar-refractivity contribution in [2.24, 2.45) is 16.6 Å². The summed E-state index contributed by atoms with van der Waals surface area (Å²) in [5.74, 6) is -0.528. The summed E-state index contributed by atoms with van der Waals surface area (Å²) < 4.78 is 24.1. The number of ether oxygens (including phenoxy) is 2. The predicted molar refractivity (Wildman–Crippen MR) is 107 cm³/mol. The Morgan fingerprint density at radius 3 is 2.82 bits per heavy atom. The van der Waals surface area contributed by atoms with Crippen LogP contribution < -0.4 is 16.4 Å². The Bertz CT molecular complexity index is 618. The second kappa shape index (κ2) is 12.3. The molecule has 2 unspecified atom stereocenters. The highest BCUT2D eigenvalue weighted by atomic mass is 19.1. The summed E-state index contributed by atoms with van der Waals surface area (Å²) in [5.41, 5.74) is 6.37. The second-order valence-corrected chi connectivity index (χ2v) is 6.87. The molecule has 1 aliphatic heterocycles. The highest BCUT2D eigenvalue weighted by Crippen LogP contribution is 2.12. The number of aliphatic imine (C=N–C) groups is 1. The minimum absolute atomic E-state index is 0.245. The Morgan fingerprint density at radius 1 is 1.39 bits per heavy atom. The molecule has 1 heterocycles. The Morgan fingerprint density at radius 2 is 2.18 bits per heavy atom. The lowest BCUT2D eigenvalue weighted by Gasteiger charge is -2.17. The zero-order chi connectivity index (χ0) is 20.2. The summed E-state index contributed by atoms with van der Waals surface area (Å²) in [4.78, 5) is 15.9. The molecule has 8 heteroatoms. The third-order valence-corrected chi connectivity index (χ3v) is 4.62. The van der Waals surface area contributed by atoms with E-state index < -0.39 is 11.8 Å². The molecule has 1 amide bonds. The second-order valence-electron chi connectivity index (χ2n) is 6.87. The summed E-state index contributed by atoms with van der Waals surface area (Å²) in [6.07, 6.45) is 3.71. The molecule has 1 saturated heterocycles. The number of halogens is 1. The van der Waals surface area contributed by atoms with Gasteiger partial charge in [-0.25, -0.2) is 4.39 Å². The quantitative estimate of drug-likeness (QED) is 0.298. The number of primary amides is 1. The molecule has 0 bridgehead atoms. The molecule has 0 spiro atoms. The fourth-order valence-electron chi connectivity index (χ4n) is 2.99. The first-order valence-corrected chi connectivity index (χ1v) is 9.76. The lowest BCUT2D eigenvalue weighted by molar-refractivity contribution is -0.121. The Balaban J connectivity index is 1.64. The van der Waals surface area contributed by atoms with Crippen molar-refractivity contribution in [2.75, 3.05) is 40.0 Å². The molecule has 1 aromatic carbocycles. The van der Waals surface area contributed by atoms with E-state index in [2.05, 4.69) is 15.6 Å². The van der Waals surface area contributed by atoms with Crippen molar-refractivity contribution >= 4 is 11.9 Å². The van der Waals surface area contributed by atoms with Gasteiger partial charge in [0.1, 0.15) is 5.82 Å². The SMILES string of the molecule is CN=C(NCCCOCC1CCCO1)NCC(Cc1ccc(F)cc1)C(N)=O. The van der Waals surface area contributed by atoms with Gasteiger partial charge in [-0.2, -0.15) is 0 Å². The summed E-state index contributed by atoms with van der Waals surface area (Å²) >= 11 is 0. The van der Waals surface area contributed by atoms with E-state index in [-0.39, 0.29) is 11.9 Å². The summed E-state index contributed by atoms with van der Waals surface area (Å²) in [6, 6.07) is 6.08. The minimum atomic E-state index is -0.418. The van der Waals surface area contributed by atoms with Crippen LogP contribution in [0.2, 0.25) is 0 Å². The number of carbonyl (C=O) groups excluding carboxylic acids is 1. The smallest absolute Gasteiger partial charge is 0.222 e. The Kier molecular flexibility index (Phi) is 9.71. The number of nitrogens with zero attached hydrogens (tertiary/aromatic N) is 1. The van der Waals surface area contributed by atoms with Crippen LogP contribution in [0.4, 0.5) is 4.39 Å². The maximum Gasteiger partial charge on any atom is 0.222 e. The zero-order valence-electron chi connectivity index (χ0n) is 16.5. The number of benzene rings is 1. The fourth-order valence-corrected chi connectivity index (χ4v) is 2.99. The molecule has 7 nitrogen and oxygen atoms in total. The minimum Gasteiger partial charge on any atom is -0.379 e. The Labute approximate surface area is 165 Å². The van der Waals surface area contributed by atoms with E-state index >= 15 is 0 Å². The summed E-state index contributed by atoms with van der Waals surface area (Å²) in [6.45, 7) is 3.19. The molecular formula is C20H31FN4O3. The van der Waals surface area contributed by atoms with Gasteiger partial charge in [0.05, 0.1) is 18.6 Å². The number of rotatable bonds is 11.